The van der Waals surface area contributed by atoms with Gasteiger partial charge in [-0.2, -0.15) is 0 Å². The van der Waals surface area contributed by atoms with Crippen molar-refractivity contribution < 1.29 is 14.9 Å². The molecule has 0 amide bonds. The summed E-state index contributed by atoms with van der Waals surface area (Å²) in [6.45, 7) is 10.8. The fourth-order valence-corrected chi connectivity index (χ4v) is 1.85. The van der Waals surface area contributed by atoms with E-state index in [9.17, 15) is 5.11 Å². The van der Waals surface area contributed by atoms with Gasteiger partial charge in [0.15, 0.2) is 0 Å². The Balaban J connectivity index is 5.02. The number of nitrogens with zero attached hydrogens (tertiary/aromatic N) is 1. The van der Waals surface area contributed by atoms with E-state index in [1.54, 1.807) is 7.11 Å². The van der Waals surface area contributed by atoms with Gasteiger partial charge in [0.2, 0.25) is 0 Å². The predicted molar refractivity (Wildman–Crippen MR) is 65.5 cm³/mol. The molecule has 4 nitrogen and oxygen atoms in total. The smallest absolute Gasteiger partial charge is 0.0800 e. The molecular formula is C12H27NO3. The molecule has 0 rings (SSSR count). The van der Waals surface area contributed by atoms with Gasteiger partial charge in [0.25, 0.3) is 0 Å². The summed E-state index contributed by atoms with van der Waals surface area (Å²) in [6.07, 6.45) is 0. The average molecular weight is 233 g/mol. The maximum Gasteiger partial charge on any atom is 0.0800 e. The number of β-amino-alcohol motifs (C(OH)–C–C–N with tert-alkyl or cyclic N) is 1. The monoisotopic (exact) mass is 233 g/mol. The lowest BCUT2D eigenvalue weighted by atomic mass is 9.83. The van der Waals surface area contributed by atoms with Gasteiger partial charge in [-0.25, -0.2) is 0 Å². The first-order chi connectivity index (χ1) is 7.24. The molecule has 98 valence electrons. The Morgan fingerprint density at radius 1 is 1.19 bits per heavy atom. The quantitative estimate of drug-likeness (QED) is 0.685. The second-order valence-corrected chi connectivity index (χ2v) is 5.22. The number of aliphatic hydroxyl groups excluding tert-OH is 2. The molecule has 0 aliphatic rings. The van der Waals surface area contributed by atoms with E-state index in [4.69, 9.17) is 9.84 Å². The van der Waals surface area contributed by atoms with E-state index in [1.807, 2.05) is 20.8 Å². The summed E-state index contributed by atoms with van der Waals surface area (Å²) in [4.78, 5) is 2.08. The van der Waals surface area contributed by atoms with E-state index in [0.717, 1.165) is 0 Å². The van der Waals surface area contributed by atoms with Gasteiger partial charge in [-0.1, -0.05) is 0 Å². The summed E-state index contributed by atoms with van der Waals surface area (Å²) in [7, 11) is 1.68. The lowest BCUT2D eigenvalue weighted by Crippen LogP contribution is -2.62. The van der Waals surface area contributed by atoms with Gasteiger partial charge in [-0.15, -0.1) is 0 Å². The summed E-state index contributed by atoms with van der Waals surface area (Å²) in [5, 5.41) is 18.4. The van der Waals surface area contributed by atoms with Crippen molar-refractivity contribution in [3.63, 3.8) is 0 Å². The van der Waals surface area contributed by atoms with Crippen LogP contribution >= 0.6 is 0 Å². The zero-order valence-electron chi connectivity index (χ0n) is 11.4. The Bertz CT molecular complexity index is 204. The van der Waals surface area contributed by atoms with Crippen molar-refractivity contribution in [1.82, 2.24) is 4.90 Å². The van der Waals surface area contributed by atoms with Gasteiger partial charge in [-0.3, -0.25) is 4.90 Å². The molecule has 0 saturated heterocycles. The van der Waals surface area contributed by atoms with Crippen molar-refractivity contribution in [2.45, 2.75) is 51.8 Å². The van der Waals surface area contributed by atoms with E-state index < -0.39 is 0 Å². The van der Waals surface area contributed by atoms with Crippen LogP contribution in [0.15, 0.2) is 0 Å². The number of rotatable bonds is 7. The van der Waals surface area contributed by atoms with E-state index in [1.165, 1.54) is 0 Å². The molecule has 1 unspecified atom stereocenters. The fraction of sp³-hybridized carbons (Fsp3) is 1.00. The molecule has 0 bridgehead atoms. The molecule has 16 heavy (non-hydrogen) atoms. The molecule has 0 fully saturated rings. The van der Waals surface area contributed by atoms with E-state index >= 15 is 0 Å². The van der Waals surface area contributed by atoms with Crippen molar-refractivity contribution in [1.29, 1.82) is 0 Å². The normalized spacial score (nSPS) is 15.6. The van der Waals surface area contributed by atoms with Gasteiger partial charge in [0.05, 0.1) is 18.8 Å². The summed E-state index contributed by atoms with van der Waals surface area (Å²) < 4.78 is 5.52. The van der Waals surface area contributed by atoms with Crippen LogP contribution in [0.2, 0.25) is 0 Å². The molecule has 0 aliphatic carbocycles. The van der Waals surface area contributed by atoms with Gasteiger partial charge in [0.1, 0.15) is 0 Å². The predicted octanol–water partition coefficient (Wildman–Crippen LogP) is 0.865. The number of methoxy groups -OCH3 is 1. The van der Waals surface area contributed by atoms with Crippen LogP contribution in [0.5, 0.6) is 0 Å². The Labute approximate surface area is 99.2 Å². The van der Waals surface area contributed by atoms with E-state index in [0.29, 0.717) is 6.54 Å². The highest BCUT2D eigenvalue weighted by atomic mass is 16.5. The first kappa shape index (κ1) is 15.8. The standard InChI is InChI=1S/C12H27NO3/c1-10(9-15)13(7-8-14)11(2,3)12(4,5)16-6/h10,14-15H,7-9H2,1-6H3. The van der Waals surface area contributed by atoms with Gasteiger partial charge < -0.3 is 14.9 Å². The minimum Gasteiger partial charge on any atom is -0.395 e. The zero-order valence-corrected chi connectivity index (χ0v) is 11.4. The second-order valence-electron chi connectivity index (χ2n) is 5.22. The fourth-order valence-electron chi connectivity index (χ4n) is 1.85. The number of aliphatic hydroxyl groups is 2. The van der Waals surface area contributed by atoms with E-state index in [-0.39, 0.29) is 30.4 Å². The number of hydrogen-bond donors (Lipinski definition) is 2. The lowest BCUT2D eigenvalue weighted by Gasteiger charge is -2.50. The summed E-state index contributed by atoms with van der Waals surface area (Å²) >= 11 is 0. The molecular weight excluding hydrogens is 206 g/mol. The van der Waals surface area contributed by atoms with Crippen LogP contribution in [0, 0.1) is 0 Å². The lowest BCUT2D eigenvalue weighted by molar-refractivity contribution is -0.117. The highest BCUT2D eigenvalue weighted by molar-refractivity contribution is 4.98. The molecule has 2 N–H and O–H groups in total. The van der Waals surface area contributed by atoms with Crippen LogP contribution in [0.25, 0.3) is 0 Å². The molecule has 1 atom stereocenters. The number of ether oxygens (including phenoxy) is 1. The third kappa shape index (κ3) is 3.17. The van der Waals surface area contributed by atoms with Gasteiger partial charge in [0, 0.05) is 25.2 Å². The van der Waals surface area contributed by atoms with Crippen LogP contribution in [-0.4, -0.2) is 59.2 Å². The average Bonchev–Trinajstić information content (AvgIpc) is 2.24. The molecule has 0 aromatic carbocycles. The second kappa shape index (κ2) is 5.96. The van der Waals surface area contributed by atoms with Crippen LogP contribution in [0.4, 0.5) is 0 Å². The topological polar surface area (TPSA) is 52.9 Å². The molecule has 0 saturated carbocycles. The van der Waals surface area contributed by atoms with Gasteiger partial charge >= 0.3 is 0 Å². The molecule has 0 radical (unpaired) electrons. The highest BCUT2D eigenvalue weighted by Gasteiger charge is 2.43. The number of hydrogen-bond acceptors (Lipinski definition) is 4. The highest BCUT2D eigenvalue weighted by Crippen LogP contribution is 2.32. The first-order valence-electron chi connectivity index (χ1n) is 5.78. The Kier molecular flexibility index (Phi) is 5.90. The molecule has 0 aliphatic heterocycles. The molecule has 0 aromatic heterocycles. The third-order valence-electron chi connectivity index (χ3n) is 3.84. The summed E-state index contributed by atoms with van der Waals surface area (Å²) in [5.41, 5.74) is -0.627. The van der Waals surface area contributed by atoms with Crippen LogP contribution in [0.1, 0.15) is 34.6 Å². The largest absolute Gasteiger partial charge is 0.395 e. The zero-order chi connectivity index (χ0) is 13.0. The third-order valence-corrected chi connectivity index (χ3v) is 3.84. The Hall–Kier alpha value is -0.160. The first-order valence-corrected chi connectivity index (χ1v) is 5.78. The molecule has 4 heteroatoms. The minimum absolute atomic E-state index is 0.00317. The molecule has 0 aromatic rings. The summed E-state index contributed by atoms with van der Waals surface area (Å²) in [5.74, 6) is 0. The minimum atomic E-state index is -0.356. The maximum atomic E-state index is 9.27. The Morgan fingerprint density at radius 3 is 2.00 bits per heavy atom. The van der Waals surface area contributed by atoms with Crippen molar-refractivity contribution in [2.75, 3.05) is 26.9 Å². The molecule has 0 spiro atoms. The molecule has 0 heterocycles. The SMILES string of the molecule is COC(C)(C)C(C)(C)N(CCO)C(C)CO. The van der Waals surface area contributed by atoms with Crippen molar-refractivity contribution in [2.24, 2.45) is 0 Å². The van der Waals surface area contributed by atoms with Crippen LogP contribution in [-0.2, 0) is 4.74 Å². The van der Waals surface area contributed by atoms with Crippen molar-refractivity contribution in [3.05, 3.63) is 0 Å². The Morgan fingerprint density at radius 2 is 1.69 bits per heavy atom. The summed E-state index contributed by atoms with van der Waals surface area (Å²) in [6, 6.07) is -0.00317. The van der Waals surface area contributed by atoms with Crippen LogP contribution in [0.3, 0.4) is 0 Å². The van der Waals surface area contributed by atoms with Crippen LogP contribution < -0.4 is 0 Å². The van der Waals surface area contributed by atoms with Crippen molar-refractivity contribution in [3.8, 4) is 0 Å². The van der Waals surface area contributed by atoms with Gasteiger partial charge in [-0.05, 0) is 34.6 Å². The van der Waals surface area contributed by atoms with Crippen molar-refractivity contribution >= 4 is 0 Å². The van der Waals surface area contributed by atoms with E-state index in [2.05, 4.69) is 18.7 Å². The maximum absolute atomic E-state index is 9.27.